The molecule has 3 nitrogen and oxygen atoms in total. The number of likely N-dealkylation sites (N-methyl/N-ethyl adjacent to an activating group) is 1. The van der Waals surface area contributed by atoms with Gasteiger partial charge < -0.3 is 10.5 Å². The van der Waals surface area contributed by atoms with Gasteiger partial charge >= 0.3 is 0 Å². The molecule has 100 valence electrons. The van der Waals surface area contributed by atoms with E-state index in [1.807, 2.05) is 0 Å². The van der Waals surface area contributed by atoms with Crippen LogP contribution in [0.25, 0.3) is 0 Å². The van der Waals surface area contributed by atoms with Gasteiger partial charge in [0.2, 0.25) is 0 Å². The molecule has 1 aliphatic rings. The van der Waals surface area contributed by atoms with E-state index < -0.39 is 6.04 Å². The second kappa shape index (κ2) is 6.10. The van der Waals surface area contributed by atoms with Crippen molar-refractivity contribution >= 4 is 15.9 Å². The van der Waals surface area contributed by atoms with Crippen molar-refractivity contribution in [3.63, 3.8) is 0 Å². The molecule has 0 spiro atoms. The number of nitrogens with two attached hydrogens (primary N) is 1. The second-order valence-electron chi connectivity index (χ2n) is 4.49. The van der Waals surface area contributed by atoms with E-state index in [1.165, 1.54) is 6.07 Å². The van der Waals surface area contributed by atoms with Crippen LogP contribution >= 0.6 is 15.9 Å². The highest BCUT2D eigenvalue weighted by molar-refractivity contribution is 9.10. The van der Waals surface area contributed by atoms with Crippen LogP contribution in [-0.2, 0) is 4.74 Å². The highest BCUT2D eigenvalue weighted by atomic mass is 79.9. The van der Waals surface area contributed by atoms with Crippen LogP contribution in [0.4, 0.5) is 4.39 Å². The van der Waals surface area contributed by atoms with E-state index in [0.29, 0.717) is 12.2 Å². The average molecular weight is 317 g/mol. The molecular weight excluding hydrogens is 299 g/mol. The highest BCUT2D eigenvalue weighted by Gasteiger charge is 2.27. The summed E-state index contributed by atoms with van der Waals surface area (Å²) in [6, 6.07) is 4.40. The lowest BCUT2D eigenvalue weighted by atomic mass is 10.0. The van der Waals surface area contributed by atoms with Crippen LogP contribution < -0.4 is 5.73 Å². The van der Waals surface area contributed by atoms with Crippen LogP contribution in [0.3, 0.4) is 0 Å². The first kappa shape index (κ1) is 13.9. The molecule has 0 amide bonds. The standard InChI is InChI=1S/C13H18BrFN2O/c1-2-17-5-6-18-12(8-17)13(16)10-7-9(14)3-4-11(10)15/h3-4,7,12-13H,2,5-6,8,16H2,1H3. The highest BCUT2D eigenvalue weighted by Crippen LogP contribution is 2.25. The minimum Gasteiger partial charge on any atom is -0.374 e. The maximum Gasteiger partial charge on any atom is 0.128 e. The molecule has 0 aromatic heterocycles. The van der Waals surface area contributed by atoms with Crippen molar-refractivity contribution in [1.29, 1.82) is 0 Å². The number of nitrogens with zero attached hydrogens (tertiary/aromatic N) is 1. The van der Waals surface area contributed by atoms with Crippen molar-refractivity contribution in [2.45, 2.75) is 19.1 Å². The summed E-state index contributed by atoms with van der Waals surface area (Å²) in [6.45, 7) is 5.40. The largest absolute Gasteiger partial charge is 0.374 e. The normalized spacial score (nSPS) is 23.0. The van der Waals surface area contributed by atoms with Crippen molar-refractivity contribution in [1.82, 2.24) is 4.90 Å². The predicted molar refractivity (Wildman–Crippen MR) is 72.9 cm³/mol. The van der Waals surface area contributed by atoms with Gasteiger partial charge in [0.15, 0.2) is 0 Å². The summed E-state index contributed by atoms with van der Waals surface area (Å²) >= 11 is 3.34. The molecule has 0 saturated carbocycles. The average Bonchev–Trinajstić information content (AvgIpc) is 2.41. The smallest absolute Gasteiger partial charge is 0.128 e. The zero-order valence-electron chi connectivity index (χ0n) is 10.4. The van der Waals surface area contributed by atoms with Crippen LogP contribution in [0.15, 0.2) is 22.7 Å². The maximum atomic E-state index is 13.8. The number of hydrogen-bond acceptors (Lipinski definition) is 3. The molecule has 1 aromatic carbocycles. The summed E-state index contributed by atoms with van der Waals surface area (Å²) in [4.78, 5) is 2.27. The minimum atomic E-state index is -0.433. The molecule has 2 unspecified atom stereocenters. The Balaban J connectivity index is 2.14. The maximum absolute atomic E-state index is 13.8. The van der Waals surface area contributed by atoms with Gasteiger partial charge in [0.25, 0.3) is 0 Å². The molecule has 1 saturated heterocycles. The Kier molecular flexibility index (Phi) is 4.72. The predicted octanol–water partition coefficient (Wildman–Crippen LogP) is 2.31. The van der Waals surface area contributed by atoms with E-state index in [4.69, 9.17) is 10.5 Å². The van der Waals surface area contributed by atoms with Gasteiger partial charge in [-0.1, -0.05) is 22.9 Å². The number of benzene rings is 1. The van der Waals surface area contributed by atoms with Crippen molar-refractivity contribution in [3.05, 3.63) is 34.1 Å². The van der Waals surface area contributed by atoms with Crippen LogP contribution in [0.5, 0.6) is 0 Å². The molecule has 18 heavy (non-hydrogen) atoms. The zero-order chi connectivity index (χ0) is 13.1. The first-order valence-electron chi connectivity index (χ1n) is 6.16. The Labute approximate surface area is 115 Å². The van der Waals surface area contributed by atoms with Gasteiger partial charge in [-0.2, -0.15) is 0 Å². The number of morpholine rings is 1. The topological polar surface area (TPSA) is 38.5 Å². The summed E-state index contributed by atoms with van der Waals surface area (Å²) in [5, 5.41) is 0. The lowest BCUT2D eigenvalue weighted by Crippen LogP contribution is -2.47. The van der Waals surface area contributed by atoms with Crippen molar-refractivity contribution < 1.29 is 9.13 Å². The quantitative estimate of drug-likeness (QED) is 0.930. The van der Waals surface area contributed by atoms with Crippen molar-refractivity contribution in [2.75, 3.05) is 26.2 Å². The Morgan fingerprint density at radius 1 is 1.61 bits per heavy atom. The first-order valence-corrected chi connectivity index (χ1v) is 6.95. The number of rotatable bonds is 3. The van der Waals surface area contributed by atoms with Gasteiger partial charge in [-0.05, 0) is 24.7 Å². The summed E-state index contributed by atoms with van der Waals surface area (Å²) in [6.07, 6.45) is -0.150. The molecule has 1 heterocycles. The van der Waals surface area contributed by atoms with E-state index in [1.54, 1.807) is 12.1 Å². The van der Waals surface area contributed by atoms with Crippen molar-refractivity contribution in [2.24, 2.45) is 5.73 Å². The second-order valence-corrected chi connectivity index (χ2v) is 5.41. The summed E-state index contributed by atoms with van der Waals surface area (Å²) in [5.41, 5.74) is 6.65. The Morgan fingerprint density at radius 2 is 2.39 bits per heavy atom. The monoisotopic (exact) mass is 316 g/mol. The molecule has 2 atom stereocenters. The molecule has 0 radical (unpaired) electrons. The zero-order valence-corrected chi connectivity index (χ0v) is 12.0. The lowest BCUT2D eigenvalue weighted by molar-refractivity contribution is -0.0397. The van der Waals surface area contributed by atoms with E-state index >= 15 is 0 Å². The van der Waals surface area contributed by atoms with Crippen LogP contribution in [0.1, 0.15) is 18.5 Å². The fourth-order valence-electron chi connectivity index (χ4n) is 2.21. The SMILES string of the molecule is CCN1CCOC(C(N)c2cc(Br)ccc2F)C1. The van der Waals surface area contributed by atoms with E-state index in [2.05, 4.69) is 27.8 Å². The van der Waals surface area contributed by atoms with Gasteiger partial charge in [0, 0.05) is 23.1 Å². The molecule has 0 bridgehead atoms. The molecule has 2 rings (SSSR count). The lowest BCUT2D eigenvalue weighted by Gasteiger charge is -2.35. The minimum absolute atomic E-state index is 0.150. The molecule has 0 aliphatic carbocycles. The Bertz CT molecular complexity index is 416. The summed E-state index contributed by atoms with van der Waals surface area (Å²) < 4.78 is 20.3. The van der Waals surface area contributed by atoms with E-state index in [0.717, 1.165) is 24.1 Å². The van der Waals surface area contributed by atoms with Crippen LogP contribution in [-0.4, -0.2) is 37.2 Å². The van der Waals surface area contributed by atoms with Gasteiger partial charge in [0.1, 0.15) is 5.82 Å². The third-order valence-corrected chi connectivity index (χ3v) is 3.84. The third-order valence-electron chi connectivity index (χ3n) is 3.34. The van der Waals surface area contributed by atoms with Crippen molar-refractivity contribution in [3.8, 4) is 0 Å². The molecule has 1 fully saturated rings. The van der Waals surface area contributed by atoms with E-state index in [9.17, 15) is 4.39 Å². The Morgan fingerprint density at radius 3 is 3.11 bits per heavy atom. The molecule has 2 N–H and O–H groups in total. The Hall–Kier alpha value is -0.490. The third kappa shape index (κ3) is 3.09. The van der Waals surface area contributed by atoms with E-state index in [-0.39, 0.29) is 11.9 Å². The molecule has 1 aromatic rings. The fraction of sp³-hybridized carbons (Fsp3) is 0.538. The van der Waals surface area contributed by atoms with Crippen LogP contribution in [0, 0.1) is 5.82 Å². The van der Waals surface area contributed by atoms with Gasteiger partial charge in [0.05, 0.1) is 18.8 Å². The van der Waals surface area contributed by atoms with Gasteiger partial charge in [-0.25, -0.2) is 4.39 Å². The van der Waals surface area contributed by atoms with Gasteiger partial charge in [-0.3, -0.25) is 4.90 Å². The fourth-order valence-corrected chi connectivity index (χ4v) is 2.59. The first-order chi connectivity index (χ1) is 8.61. The molecule has 5 heteroatoms. The number of hydrogen-bond donors (Lipinski definition) is 1. The summed E-state index contributed by atoms with van der Waals surface area (Å²) in [5.74, 6) is -0.275. The number of halogens is 2. The summed E-state index contributed by atoms with van der Waals surface area (Å²) in [7, 11) is 0. The molecule has 1 aliphatic heterocycles. The molecular formula is C13H18BrFN2O. The number of ether oxygens (including phenoxy) is 1. The van der Waals surface area contributed by atoms with Crippen LogP contribution in [0.2, 0.25) is 0 Å². The van der Waals surface area contributed by atoms with Gasteiger partial charge in [-0.15, -0.1) is 0 Å².